The fourth-order valence-corrected chi connectivity index (χ4v) is 4.67. The largest absolute Gasteiger partial charge is 0.465 e. The third kappa shape index (κ3) is 3.02. The highest BCUT2D eigenvalue weighted by atomic mass is 28.4. The third-order valence-corrected chi connectivity index (χ3v) is 10.9. The van der Waals surface area contributed by atoms with E-state index in [1.165, 1.54) is 23.8 Å². The van der Waals surface area contributed by atoms with E-state index in [9.17, 15) is 4.79 Å². The van der Waals surface area contributed by atoms with E-state index in [0.717, 1.165) is 11.1 Å². The van der Waals surface area contributed by atoms with E-state index in [2.05, 4.69) is 52.1 Å². The molecule has 0 fully saturated rings. The zero-order valence-electron chi connectivity index (χ0n) is 17.5. The average molecular weight is 397 g/mol. The third-order valence-electron chi connectivity index (χ3n) is 6.47. The molecule has 0 amide bonds. The number of rotatable bonds is 4. The molecule has 2 heterocycles. The van der Waals surface area contributed by atoms with Crippen molar-refractivity contribution in [3.63, 3.8) is 0 Å². The zero-order valence-corrected chi connectivity index (χ0v) is 18.5. The first-order valence-corrected chi connectivity index (χ1v) is 12.7. The Hall–Kier alpha value is -1.95. The average Bonchev–Trinajstić information content (AvgIpc) is 3.21. The van der Waals surface area contributed by atoms with Crippen molar-refractivity contribution in [2.24, 2.45) is 0 Å². The standard InChI is InChI=1S/C23H28O4Si/c1-23(2,3)28(5,6)26-13-14-7-9-16-18(11-14)20-17-10-8-15(22(24)25-4)12-19(17)21(16)27-20/h7-12,20-21H,13H2,1-6H3/t20-,21-/m1/s1. The Morgan fingerprint density at radius 3 is 2.21 bits per heavy atom. The SMILES string of the molecule is COC(=O)c1ccc2c(c1)[C@@H]1O[C@H]2c2cc(CO[Si](C)(C)C(C)(C)C)ccc21. The number of methoxy groups -OCH3 is 1. The Labute approximate surface area is 167 Å². The molecule has 0 unspecified atom stereocenters. The predicted octanol–water partition coefficient (Wildman–Crippen LogP) is 5.52. The van der Waals surface area contributed by atoms with Crippen molar-refractivity contribution in [3.05, 3.63) is 69.8 Å². The molecule has 28 heavy (non-hydrogen) atoms. The monoisotopic (exact) mass is 396 g/mol. The lowest BCUT2D eigenvalue weighted by Gasteiger charge is -2.36. The van der Waals surface area contributed by atoms with Crippen LogP contribution < -0.4 is 0 Å². The van der Waals surface area contributed by atoms with E-state index < -0.39 is 8.32 Å². The summed E-state index contributed by atoms with van der Waals surface area (Å²) in [6.07, 6.45) is -0.163. The second kappa shape index (κ2) is 6.54. The summed E-state index contributed by atoms with van der Waals surface area (Å²) in [5, 5.41) is 0.197. The highest BCUT2D eigenvalue weighted by Crippen LogP contribution is 2.54. The lowest BCUT2D eigenvalue weighted by atomic mass is 9.84. The molecule has 2 atom stereocenters. The maximum atomic E-state index is 11.9. The van der Waals surface area contributed by atoms with Gasteiger partial charge in [-0.2, -0.15) is 0 Å². The van der Waals surface area contributed by atoms with Gasteiger partial charge in [0.25, 0.3) is 0 Å². The molecule has 0 spiro atoms. The summed E-state index contributed by atoms with van der Waals surface area (Å²) in [6.45, 7) is 12.0. The number of carbonyl (C=O) groups excluding carboxylic acids is 1. The quantitative estimate of drug-likeness (QED) is 0.504. The molecule has 0 radical (unpaired) electrons. The van der Waals surface area contributed by atoms with Crippen molar-refractivity contribution in [2.45, 2.75) is 57.7 Å². The molecule has 0 N–H and O–H groups in total. The number of ether oxygens (including phenoxy) is 2. The van der Waals surface area contributed by atoms with Gasteiger partial charge in [0.15, 0.2) is 8.32 Å². The number of esters is 1. The Morgan fingerprint density at radius 2 is 1.61 bits per heavy atom. The molecule has 5 heteroatoms. The molecule has 2 bridgehead atoms. The Balaban J connectivity index is 1.58. The minimum atomic E-state index is -1.78. The summed E-state index contributed by atoms with van der Waals surface area (Å²) in [5.74, 6) is -0.316. The number of carbonyl (C=O) groups is 1. The van der Waals surface area contributed by atoms with E-state index in [-0.39, 0.29) is 23.2 Å². The molecule has 2 aliphatic heterocycles. The van der Waals surface area contributed by atoms with Crippen LogP contribution in [0.5, 0.6) is 0 Å². The summed E-state index contributed by atoms with van der Waals surface area (Å²) >= 11 is 0. The molecule has 148 valence electrons. The van der Waals surface area contributed by atoms with Crippen molar-refractivity contribution in [2.75, 3.05) is 7.11 Å². The van der Waals surface area contributed by atoms with Gasteiger partial charge in [0, 0.05) is 0 Å². The molecule has 0 aliphatic carbocycles. The van der Waals surface area contributed by atoms with Crippen LogP contribution in [0.25, 0.3) is 0 Å². The second-order valence-electron chi connectivity index (χ2n) is 9.24. The summed E-state index contributed by atoms with van der Waals surface area (Å²) in [7, 11) is -0.380. The lowest BCUT2D eigenvalue weighted by molar-refractivity contribution is 0.0600. The number of hydrogen-bond donors (Lipinski definition) is 0. The molecule has 0 saturated heterocycles. The first-order chi connectivity index (χ1) is 13.1. The topological polar surface area (TPSA) is 44.8 Å². The van der Waals surface area contributed by atoms with Crippen LogP contribution in [-0.4, -0.2) is 21.4 Å². The lowest BCUT2D eigenvalue weighted by Crippen LogP contribution is -2.40. The first-order valence-electron chi connectivity index (χ1n) is 9.77. The summed E-state index contributed by atoms with van der Waals surface area (Å²) in [5.41, 5.74) is 6.39. The predicted molar refractivity (Wildman–Crippen MR) is 111 cm³/mol. The van der Waals surface area contributed by atoms with Crippen molar-refractivity contribution in [1.82, 2.24) is 0 Å². The first kappa shape index (κ1) is 19.4. The molecule has 0 aromatic heterocycles. The maximum Gasteiger partial charge on any atom is 0.337 e. The van der Waals surface area contributed by atoms with Crippen LogP contribution in [0, 0.1) is 0 Å². The Bertz CT molecular complexity index is 942. The smallest absolute Gasteiger partial charge is 0.337 e. The Kier molecular flexibility index (Phi) is 4.53. The van der Waals surface area contributed by atoms with Gasteiger partial charge in [-0.05, 0) is 58.1 Å². The van der Waals surface area contributed by atoms with Gasteiger partial charge in [0.05, 0.1) is 19.3 Å². The van der Waals surface area contributed by atoms with E-state index in [0.29, 0.717) is 12.2 Å². The highest BCUT2D eigenvalue weighted by Gasteiger charge is 2.43. The van der Waals surface area contributed by atoms with Crippen LogP contribution in [0.1, 0.15) is 71.2 Å². The van der Waals surface area contributed by atoms with Crippen molar-refractivity contribution in [1.29, 1.82) is 0 Å². The number of fused-ring (bicyclic) bond motifs is 8. The summed E-state index contributed by atoms with van der Waals surface area (Å²) in [4.78, 5) is 11.9. The van der Waals surface area contributed by atoms with Gasteiger partial charge < -0.3 is 13.9 Å². The minimum Gasteiger partial charge on any atom is -0.465 e. The van der Waals surface area contributed by atoms with Crippen molar-refractivity contribution in [3.8, 4) is 0 Å². The maximum absolute atomic E-state index is 11.9. The number of benzene rings is 2. The van der Waals surface area contributed by atoms with Gasteiger partial charge >= 0.3 is 5.97 Å². The second-order valence-corrected chi connectivity index (χ2v) is 14.1. The zero-order chi connectivity index (χ0) is 20.3. The van der Waals surface area contributed by atoms with Gasteiger partial charge in [-0.1, -0.05) is 45.0 Å². The molecule has 4 rings (SSSR count). The molecular weight excluding hydrogens is 368 g/mol. The van der Waals surface area contributed by atoms with E-state index in [1.54, 1.807) is 0 Å². The molecule has 0 saturated carbocycles. The summed E-state index contributed by atoms with van der Waals surface area (Å²) in [6, 6.07) is 12.2. The van der Waals surface area contributed by atoms with Gasteiger partial charge in [-0.25, -0.2) is 4.79 Å². The van der Waals surface area contributed by atoms with Gasteiger partial charge in [0.1, 0.15) is 12.2 Å². The van der Waals surface area contributed by atoms with E-state index >= 15 is 0 Å². The normalized spacial score (nSPS) is 20.1. The van der Waals surface area contributed by atoms with Crippen LogP contribution in [-0.2, 0) is 20.5 Å². The Morgan fingerprint density at radius 1 is 1.00 bits per heavy atom. The van der Waals surface area contributed by atoms with Crippen LogP contribution in [0.4, 0.5) is 0 Å². The van der Waals surface area contributed by atoms with Crippen LogP contribution >= 0.6 is 0 Å². The fourth-order valence-electron chi connectivity index (χ4n) is 3.71. The molecule has 4 nitrogen and oxygen atoms in total. The van der Waals surface area contributed by atoms with Crippen molar-refractivity contribution >= 4 is 14.3 Å². The van der Waals surface area contributed by atoms with Crippen LogP contribution in [0.3, 0.4) is 0 Å². The van der Waals surface area contributed by atoms with Crippen LogP contribution in [0.15, 0.2) is 36.4 Å². The molecule has 2 aromatic carbocycles. The summed E-state index contributed by atoms with van der Waals surface area (Å²) < 4.78 is 17.5. The van der Waals surface area contributed by atoms with Gasteiger partial charge in [-0.3, -0.25) is 0 Å². The van der Waals surface area contributed by atoms with Gasteiger partial charge in [0.2, 0.25) is 0 Å². The number of hydrogen-bond acceptors (Lipinski definition) is 4. The van der Waals surface area contributed by atoms with Gasteiger partial charge in [-0.15, -0.1) is 0 Å². The highest BCUT2D eigenvalue weighted by molar-refractivity contribution is 6.74. The van der Waals surface area contributed by atoms with Crippen LogP contribution in [0.2, 0.25) is 18.1 Å². The molecule has 2 aromatic rings. The minimum absolute atomic E-state index is 0.0606. The van der Waals surface area contributed by atoms with E-state index in [1.807, 2.05) is 18.2 Å². The molecule has 2 aliphatic rings. The fraction of sp³-hybridized carbons (Fsp3) is 0.435. The van der Waals surface area contributed by atoms with Crippen molar-refractivity contribution < 1.29 is 18.7 Å². The molecular formula is C23H28O4Si. The van der Waals surface area contributed by atoms with E-state index in [4.69, 9.17) is 13.9 Å².